The first kappa shape index (κ1) is 24.8. The molecule has 8 heteroatoms. The Morgan fingerprint density at radius 3 is 2.61 bits per heavy atom. The van der Waals surface area contributed by atoms with Gasteiger partial charge >= 0.3 is 0 Å². The number of rotatable bonds is 9. The van der Waals surface area contributed by atoms with Crippen molar-refractivity contribution in [1.82, 2.24) is 9.88 Å². The molecular formula is C28H28N2O6. The molecule has 1 atom stereocenters. The summed E-state index contributed by atoms with van der Waals surface area (Å²) in [6.45, 7) is 4.70. The van der Waals surface area contributed by atoms with Crippen LogP contribution in [0.3, 0.4) is 0 Å². The number of phenols is 1. The van der Waals surface area contributed by atoms with Crippen LogP contribution in [0.25, 0.3) is 5.76 Å². The van der Waals surface area contributed by atoms with Crippen LogP contribution in [-0.2, 0) is 16.1 Å². The molecule has 3 aromatic rings. The molecule has 0 spiro atoms. The molecule has 1 aliphatic heterocycles. The Labute approximate surface area is 209 Å². The molecular weight excluding hydrogens is 460 g/mol. The SMILES string of the molecule is CCCOc1cccc(/C(O)=C2\C(=O)C(=O)N(Cc3cccnc3)C2c2ccc(O)c(OCC)c2)c1. The van der Waals surface area contributed by atoms with Crippen LogP contribution in [0.5, 0.6) is 17.2 Å². The zero-order valence-corrected chi connectivity index (χ0v) is 20.2. The maximum Gasteiger partial charge on any atom is 0.295 e. The summed E-state index contributed by atoms with van der Waals surface area (Å²) in [6.07, 6.45) is 4.06. The van der Waals surface area contributed by atoms with Gasteiger partial charge in [-0.15, -0.1) is 0 Å². The third kappa shape index (κ3) is 5.02. The van der Waals surface area contributed by atoms with Crippen molar-refractivity contribution < 1.29 is 29.3 Å². The van der Waals surface area contributed by atoms with Gasteiger partial charge in [-0.05, 0) is 54.8 Å². The Morgan fingerprint density at radius 2 is 1.89 bits per heavy atom. The first-order chi connectivity index (χ1) is 17.4. The molecule has 1 saturated heterocycles. The third-order valence-electron chi connectivity index (χ3n) is 5.80. The van der Waals surface area contributed by atoms with Crippen LogP contribution in [0.2, 0.25) is 0 Å². The number of benzene rings is 2. The van der Waals surface area contributed by atoms with Crippen LogP contribution in [0.15, 0.2) is 72.6 Å². The fraction of sp³-hybridized carbons (Fsp3) is 0.250. The molecule has 0 aliphatic carbocycles. The van der Waals surface area contributed by atoms with Gasteiger partial charge in [0, 0.05) is 24.5 Å². The maximum atomic E-state index is 13.3. The number of Topliss-reactive ketones (excluding diaryl/α,β-unsaturated/α-hetero) is 1. The Bertz CT molecular complexity index is 1290. The Balaban J connectivity index is 1.85. The van der Waals surface area contributed by atoms with Crippen molar-refractivity contribution in [2.45, 2.75) is 32.9 Å². The number of ketones is 1. The van der Waals surface area contributed by atoms with Crippen molar-refractivity contribution in [3.8, 4) is 17.2 Å². The summed E-state index contributed by atoms with van der Waals surface area (Å²) in [7, 11) is 0. The minimum atomic E-state index is -0.912. The molecule has 0 radical (unpaired) electrons. The molecule has 186 valence electrons. The van der Waals surface area contributed by atoms with Crippen molar-refractivity contribution in [3.63, 3.8) is 0 Å². The zero-order chi connectivity index (χ0) is 25.7. The van der Waals surface area contributed by atoms with Crippen molar-refractivity contribution >= 4 is 17.4 Å². The van der Waals surface area contributed by atoms with Gasteiger partial charge in [-0.1, -0.05) is 31.2 Å². The van der Waals surface area contributed by atoms with E-state index in [-0.39, 0.29) is 29.4 Å². The highest BCUT2D eigenvalue weighted by atomic mass is 16.5. The summed E-state index contributed by atoms with van der Waals surface area (Å²) < 4.78 is 11.2. The van der Waals surface area contributed by atoms with Crippen LogP contribution < -0.4 is 9.47 Å². The Morgan fingerprint density at radius 1 is 1.06 bits per heavy atom. The number of amides is 1. The van der Waals surface area contributed by atoms with Gasteiger partial charge in [-0.2, -0.15) is 0 Å². The minimum absolute atomic E-state index is 0.0512. The number of pyridine rings is 1. The van der Waals surface area contributed by atoms with E-state index < -0.39 is 17.7 Å². The van der Waals surface area contributed by atoms with E-state index in [1.54, 1.807) is 67.8 Å². The predicted molar refractivity (Wildman–Crippen MR) is 134 cm³/mol. The second-order valence-corrected chi connectivity index (χ2v) is 8.32. The van der Waals surface area contributed by atoms with E-state index in [1.165, 1.54) is 11.0 Å². The summed E-state index contributed by atoms with van der Waals surface area (Å²) in [5.74, 6) is -1.14. The summed E-state index contributed by atoms with van der Waals surface area (Å²) in [5.41, 5.74) is 1.55. The molecule has 1 amide bonds. The molecule has 2 heterocycles. The molecule has 1 fully saturated rings. The predicted octanol–water partition coefficient (Wildman–Crippen LogP) is 4.60. The van der Waals surface area contributed by atoms with E-state index in [4.69, 9.17) is 9.47 Å². The standard InChI is InChI=1S/C28H28N2O6/c1-3-13-36-21-9-5-8-20(14-21)26(32)24-25(19-10-11-22(31)23(15-19)35-4-2)30(28(34)27(24)33)17-18-7-6-12-29-16-18/h5-12,14-16,25,31-32H,3-4,13,17H2,1-2H3/b26-24+. The number of hydrogen-bond acceptors (Lipinski definition) is 7. The van der Waals surface area contributed by atoms with Crippen LogP contribution >= 0.6 is 0 Å². The fourth-order valence-electron chi connectivity index (χ4n) is 4.16. The maximum absolute atomic E-state index is 13.3. The van der Waals surface area contributed by atoms with Crippen LogP contribution in [-0.4, -0.2) is 45.0 Å². The number of aliphatic hydroxyl groups excluding tert-OH is 1. The summed E-state index contributed by atoms with van der Waals surface area (Å²) in [5, 5.41) is 21.5. The van der Waals surface area contributed by atoms with Gasteiger partial charge in [0.05, 0.1) is 24.8 Å². The highest BCUT2D eigenvalue weighted by molar-refractivity contribution is 6.46. The van der Waals surface area contributed by atoms with E-state index in [1.807, 2.05) is 6.92 Å². The number of likely N-dealkylation sites (tertiary alicyclic amines) is 1. The fourth-order valence-corrected chi connectivity index (χ4v) is 4.16. The minimum Gasteiger partial charge on any atom is -0.507 e. The lowest BCUT2D eigenvalue weighted by molar-refractivity contribution is -0.140. The smallest absolute Gasteiger partial charge is 0.295 e. The van der Waals surface area contributed by atoms with Gasteiger partial charge in [0.25, 0.3) is 11.7 Å². The van der Waals surface area contributed by atoms with Gasteiger partial charge in [-0.3, -0.25) is 14.6 Å². The lowest BCUT2D eigenvalue weighted by atomic mass is 9.94. The molecule has 8 nitrogen and oxygen atoms in total. The highest BCUT2D eigenvalue weighted by Gasteiger charge is 2.46. The molecule has 2 N–H and O–H groups in total. The van der Waals surface area contributed by atoms with Crippen molar-refractivity contribution in [2.75, 3.05) is 13.2 Å². The van der Waals surface area contributed by atoms with E-state index in [0.29, 0.717) is 30.1 Å². The van der Waals surface area contributed by atoms with Gasteiger partial charge in [0.2, 0.25) is 0 Å². The first-order valence-electron chi connectivity index (χ1n) is 11.8. The molecule has 1 aromatic heterocycles. The number of aliphatic hydroxyl groups is 1. The summed E-state index contributed by atoms with van der Waals surface area (Å²) in [6, 6.07) is 14.1. The Hall–Kier alpha value is -4.33. The van der Waals surface area contributed by atoms with Crippen LogP contribution in [0.1, 0.15) is 43.0 Å². The Kier molecular flexibility index (Phi) is 7.53. The molecule has 0 bridgehead atoms. The van der Waals surface area contributed by atoms with E-state index in [2.05, 4.69) is 4.98 Å². The largest absolute Gasteiger partial charge is 0.507 e. The number of ether oxygens (including phenoxy) is 2. The number of carbonyl (C=O) groups is 2. The average Bonchev–Trinajstić information content (AvgIpc) is 3.14. The molecule has 0 saturated carbocycles. The lowest BCUT2D eigenvalue weighted by Gasteiger charge is -2.26. The topological polar surface area (TPSA) is 109 Å². The number of phenolic OH excluding ortho intramolecular Hbond substituents is 1. The van der Waals surface area contributed by atoms with Crippen LogP contribution in [0, 0.1) is 0 Å². The molecule has 36 heavy (non-hydrogen) atoms. The normalized spacial score (nSPS) is 16.8. The molecule has 1 aliphatic rings. The van der Waals surface area contributed by atoms with E-state index in [0.717, 1.165) is 12.0 Å². The number of aromatic nitrogens is 1. The number of carbonyl (C=O) groups excluding carboxylic acids is 2. The van der Waals surface area contributed by atoms with Gasteiger partial charge in [-0.25, -0.2) is 0 Å². The lowest BCUT2D eigenvalue weighted by Crippen LogP contribution is -2.29. The van der Waals surface area contributed by atoms with Gasteiger partial charge in [0.1, 0.15) is 11.5 Å². The van der Waals surface area contributed by atoms with Crippen LogP contribution in [0.4, 0.5) is 0 Å². The highest BCUT2D eigenvalue weighted by Crippen LogP contribution is 2.42. The quantitative estimate of drug-likeness (QED) is 0.257. The molecule has 2 aromatic carbocycles. The zero-order valence-electron chi connectivity index (χ0n) is 20.2. The molecule has 1 unspecified atom stereocenters. The van der Waals surface area contributed by atoms with E-state index in [9.17, 15) is 19.8 Å². The monoisotopic (exact) mass is 488 g/mol. The van der Waals surface area contributed by atoms with Gasteiger partial charge in [0.15, 0.2) is 11.5 Å². The average molecular weight is 489 g/mol. The second-order valence-electron chi connectivity index (χ2n) is 8.32. The van der Waals surface area contributed by atoms with Gasteiger partial charge < -0.3 is 24.6 Å². The van der Waals surface area contributed by atoms with Crippen molar-refractivity contribution in [3.05, 3.63) is 89.3 Å². The first-order valence-corrected chi connectivity index (χ1v) is 11.8. The third-order valence-corrected chi connectivity index (χ3v) is 5.80. The number of nitrogens with zero attached hydrogens (tertiary/aromatic N) is 2. The number of aromatic hydroxyl groups is 1. The number of hydrogen-bond donors (Lipinski definition) is 2. The summed E-state index contributed by atoms with van der Waals surface area (Å²) >= 11 is 0. The van der Waals surface area contributed by atoms with E-state index >= 15 is 0 Å². The second kappa shape index (κ2) is 10.9. The summed E-state index contributed by atoms with van der Waals surface area (Å²) in [4.78, 5) is 32.0. The van der Waals surface area contributed by atoms with Crippen molar-refractivity contribution in [2.24, 2.45) is 0 Å². The van der Waals surface area contributed by atoms with Crippen molar-refractivity contribution in [1.29, 1.82) is 0 Å². The molecule has 4 rings (SSSR count).